The molecule has 1 aromatic carbocycles. The number of fused-ring (bicyclic) bond motifs is 1. The van der Waals surface area contributed by atoms with Crippen molar-refractivity contribution in [2.24, 2.45) is 0 Å². The van der Waals surface area contributed by atoms with Gasteiger partial charge in [-0.15, -0.1) is 0 Å². The van der Waals surface area contributed by atoms with Crippen LogP contribution < -0.4 is 5.32 Å². The summed E-state index contributed by atoms with van der Waals surface area (Å²) in [5.74, 6) is 0. The van der Waals surface area contributed by atoms with Crippen LogP contribution in [-0.4, -0.2) is 31.2 Å². The van der Waals surface area contributed by atoms with E-state index >= 15 is 0 Å². The van der Waals surface area contributed by atoms with Crippen LogP contribution in [0.3, 0.4) is 0 Å². The van der Waals surface area contributed by atoms with E-state index in [4.69, 9.17) is 0 Å². The highest BCUT2D eigenvalue weighted by Crippen LogP contribution is 2.34. The van der Waals surface area contributed by atoms with Gasteiger partial charge in [0.1, 0.15) is 5.69 Å². The van der Waals surface area contributed by atoms with Crippen molar-refractivity contribution in [2.75, 3.05) is 5.32 Å². The summed E-state index contributed by atoms with van der Waals surface area (Å²) in [6.07, 6.45) is 11.2. The largest absolute Gasteiger partial charge is 0.382 e. The molecule has 3 N–H and O–H groups in total. The molecule has 0 unspecified atom stereocenters. The van der Waals surface area contributed by atoms with E-state index in [1.807, 2.05) is 36.7 Å². The fraction of sp³-hybridized carbons (Fsp3) is 0.138. The van der Waals surface area contributed by atoms with E-state index in [2.05, 4.69) is 88.1 Å². The van der Waals surface area contributed by atoms with E-state index in [0.717, 1.165) is 61.5 Å². The maximum Gasteiger partial charge on any atom is 0.116 e. The van der Waals surface area contributed by atoms with E-state index in [0.29, 0.717) is 6.04 Å². The van der Waals surface area contributed by atoms with Crippen molar-refractivity contribution in [1.82, 2.24) is 25.1 Å². The van der Waals surface area contributed by atoms with Crippen LogP contribution in [0.5, 0.6) is 0 Å². The van der Waals surface area contributed by atoms with Crippen LogP contribution in [0.1, 0.15) is 30.7 Å². The number of nitrogens with zero attached hydrogens (tertiary/aromatic N) is 3. The average Bonchev–Trinajstić information content (AvgIpc) is 3.45. The molecule has 0 saturated carbocycles. The molecule has 0 amide bonds. The van der Waals surface area contributed by atoms with Crippen LogP contribution in [0, 0.1) is 6.92 Å². The van der Waals surface area contributed by atoms with Gasteiger partial charge in [0.15, 0.2) is 0 Å². The first-order chi connectivity index (χ1) is 17.0. The number of hydrogen-bond donors (Lipinski definition) is 3. The van der Waals surface area contributed by atoms with Crippen molar-refractivity contribution >= 4 is 22.2 Å². The summed E-state index contributed by atoms with van der Waals surface area (Å²) in [5, 5.41) is 12.3. The van der Waals surface area contributed by atoms with Crippen molar-refractivity contribution < 1.29 is 0 Å². The second-order valence-electron chi connectivity index (χ2n) is 8.87. The highest BCUT2D eigenvalue weighted by molar-refractivity contribution is 5.96. The van der Waals surface area contributed by atoms with Gasteiger partial charge in [-0.2, -0.15) is 5.10 Å². The van der Waals surface area contributed by atoms with E-state index in [1.54, 1.807) is 12.4 Å². The van der Waals surface area contributed by atoms with Gasteiger partial charge in [0.25, 0.3) is 0 Å². The molecular formula is C29H28N6. The van der Waals surface area contributed by atoms with Gasteiger partial charge in [0.05, 0.1) is 16.9 Å². The Morgan fingerprint density at radius 1 is 1.00 bits per heavy atom. The van der Waals surface area contributed by atoms with Gasteiger partial charge in [-0.1, -0.05) is 24.8 Å². The van der Waals surface area contributed by atoms with Crippen molar-refractivity contribution in [2.45, 2.75) is 26.8 Å². The quantitative estimate of drug-likeness (QED) is 0.234. The monoisotopic (exact) mass is 460 g/mol. The molecule has 6 heteroatoms. The minimum atomic E-state index is 0.340. The van der Waals surface area contributed by atoms with Crippen molar-refractivity contribution in [1.29, 1.82) is 0 Å². The number of H-pyrrole nitrogens is 2. The van der Waals surface area contributed by atoms with Gasteiger partial charge in [-0.05, 0) is 73.9 Å². The second kappa shape index (κ2) is 9.43. The third-order valence-corrected chi connectivity index (χ3v) is 5.93. The standard InChI is InChI=1S/C29H28N6/c1-5-6-24(20-9-11-30-12-10-20)25-15-28(33-19(25)4)29-26-14-21(7-8-27(26)34-35-29)22-13-23(17-31-16-22)32-18(2)3/h5-18,32-33H,1H2,2-4H3,(H,34,35)/b24-6-. The number of hydrogen-bond acceptors (Lipinski definition) is 4. The Morgan fingerprint density at radius 3 is 2.60 bits per heavy atom. The summed E-state index contributed by atoms with van der Waals surface area (Å²) in [4.78, 5) is 12.1. The Balaban J connectivity index is 1.57. The van der Waals surface area contributed by atoms with Crippen molar-refractivity contribution in [3.05, 3.63) is 103 Å². The summed E-state index contributed by atoms with van der Waals surface area (Å²) < 4.78 is 0. The summed E-state index contributed by atoms with van der Waals surface area (Å²) in [5.41, 5.74) is 10.3. The number of rotatable bonds is 7. The lowest BCUT2D eigenvalue weighted by Crippen LogP contribution is -2.09. The molecule has 0 saturated heterocycles. The molecular weight excluding hydrogens is 432 g/mol. The molecule has 0 aliphatic carbocycles. The van der Waals surface area contributed by atoms with E-state index in [-0.39, 0.29) is 0 Å². The van der Waals surface area contributed by atoms with Gasteiger partial charge in [-0.3, -0.25) is 15.1 Å². The maximum atomic E-state index is 4.66. The SMILES string of the molecule is C=C/C=C(/c1ccncc1)c1cc(-c2n[nH]c3ccc(-c4cncc(NC(C)C)c4)cc23)[nH]c1C. The Hall–Kier alpha value is -4.45. The molecule has 4 aromatic heterocycles. The van der Waals surface area contributed by atoms with Crippen LogP contribution in [-0.2, 0) is 0 Å². The molecule has 35 heavy (non-hydrogen) atoms. The molecule has 174 valence electrons. The normalized spacial score (nSPS) is 11.8. The number of pyridine rings is 2. The fourth-order valence-corrected chi connectivity index (χ4v) is 4.37. The molecule has 0 fully saturated rings. The Labute approximate surface area is 204 Å². The highest BCUT2D eigenvalue weighted by Gasteiger charge is 2.16. The number of allylic oxidation sites excluding steroid dienone is 2. The number of aromatic nitrogens is 5. The first kappa shape index (κ1) is 22.3. The molecule has 0 aliphatic rings. The summed E-state index contributed by atoms with van der Waals surface area (Å²) in [6, 6.07) is 15.0. The molecule has 4 heterocycles. The topological polar surface area (TPSA) is 82.3 Å². The van der Waals surface area contributed by atoms with Crippen LogP contribution in [0.4, 0.5) is 5.69 Å². The van der Waals surface area contributed by atoms with Crippen molar-refractivity contribution in [3.63, 3.8) is 0 Å². The lowest BCUT2D eigenvalue weighted by atomic mass is 9.98. The predicted octanol–water partition coefficient (Wildman–Crippen LogP) is 6.76. The smallest absolute Gasteiger partial charge is 0.116 e. The fourth-order valence-electron chi connectivity index (χ4n) is 4.37. The summed E-state index contributed by atoms with van der Waals surface area (Å²) >= 11 is 0. The minimum absolute atomic E-state index is 0.340. The van der Waals surface area contributed by atoms with Gasteiger partial charge in [-0.25, -0.2) is 0 Å². The van der Waals surface area contributed by atoms with Gasteiger partial charge >= 0.3 is 0 Å². The van der Waals surface area contributed by atoms with Crippen LogP contribution >= 0.6 is 0 Å². The third kappa shape index (κ3) is 4.51. The highest BCUT2D eigenvalue weighted by atomic mass is 15.1. The number of benzene rings is 1. The second-order valence-corrected chi connectivity index (χ2v) is 8.87. The van der Waals surface area contributed by atoms with Crippen LogP contribution in [0.2, 0.25) is 0 Å². The number of aromatic amines is 2. The number of aryl methyl sites for hydroxylation is 1. The first-order valence-corrected chi connectivity index (χ1v) is 11.7. The molecule has 5 rings (SSSR count). The minimum Gasteiger partial charge on any atom is -0.382 e. The molecule has 0 aliphatic heterocycles. The number of anilines is 1. The molecule has 6 nitrogen and oxygen atoms in total. The average molecular weight is 461 g/mol. The van der Waals surface area contributed by atoms with Crippen molar-refractivity contribution in [3.8, 4) is 22.5 Å². The molecule has 0 bridgehead atoms. The molecule has 0 atom stereocenters. The summed E-state index contributed by atoms with van der Waals surface area (Å²) in [7, 11) is 0. The van der Waals surface area contributed by atoms with Gasteiger partial charge in [0, 0.05) is 53.0 Å². The number of nitrogens with one attached hydrogen (secondary N) is 3. The zero-order valence-corrected chi connectivity index (χ0v) is 20.1. The lowest BCUT2D eigenvalue weighted by Gasteiger charge is -2.11. The summed E-state index contributed by atoms with van der Waals surface area (Å²) in [6.45, 7) is 10.2. The Morgan fingerprint density at radius 2 is 1.83 bits per heavy atom. The van der Waals surface area contributed by atoms with Crippen LogP contribution in [0.25, 0.3) is 39.0 Å². The molecule has 0 spiro atoms. The van der Waals surface area contributed by atoms with Crippen LogP contribution in [0.15, 0.2) is 86.0 Å². The third-order valence-electron chi connectivity index (χ3n) is 5.93. The Bertz CT molecular complexity index is 1520. The Kier molecular flexibility index (Phi) is 6.02. The predicted molar refractivity (Wildman–Crippen MR) is 144 cm³/mol. The molecule has 5 aromatic rings. The lowest BCUT2D eigenvalue weighted by molar-refractivity contribution is 0.898. The van der Waals surface area contributed by atoms with Gasteiger partial charge < -0.3 is 10.3 Å². The first-order valence-electron chi connectivity index (χ1n) is 11.7. The van der Waals surface area contributed by atoms with Gasteiger partial charge in [0.2, 0.25) is 0 Å². The zero-order valence-electron chi connectivity index (χ0n) is 20.1. The van der Waals surface area contributed by atoms with E-state index < -0.39 is 0 Å². The maximum absolute atomic E-state index is 4.66. The van der Waals surface area contributed by atoms with E-state index in [1.165, 1.54) is 0 Å². The zero-order chi connectivity index (χ0) is 24.4. The van der Waals surface area contributed by atoms with E-state index in [9.17, 15) is 0 Å². The molecule has 0 radical (unpaired) electrons.